The van der Waals surface area contributed by atoms with Crippen molar-refractivity contribution in [2.45, 2.75) is 41.0 Å². The molecule has 0 aliphatic rings. The third-order valence-electron chi connectivity index (χ3n) is 1.69. The summed E-state index contributed by atoms with van der Waals surface area (Å²) >= 11 is 0. The average Bonchev–Trinajstić information content (AvgIpc) is 2.19. The molecule has 0 unspecified atom stereocenters. The van der Waals surface area contributed by atoms with Crippen molar-refractivity contribution < 1.29 is 6.22 Å². The van der Waals surface area contributed by atoms with Gasteiger partial charge in [0, 0.05) is 13.5 Å². The second-order valence-corrected chi connectivity index (χ2v) is 3.07. The Bertz CT molecular complexity index is 307. The van der Waals surface area contributed by atoms with Gasteiger partial charge in [-0.15, -0.1) is 0 Å². The van der Waals surface area contributed by atoms with Crippen molar-refractivity contribution >= 4 is 11.7 Å². The molecule has 86 valence electrons. The average molecular weight is 210 g/mol. The minimum Gasteiger partial charge on any atom is -0.311 e. The molecule has 0 aliphatic carbocycles. The van der Waals surface area contributed by atoms with Crippen LogP contribution in [0.2, 0.25) is 0 Å². The molecule has 0 spiro atoms. The first kappa shape index (κ1) is 13.6. The molecule has 0 bridgehead atoms. The van der Waals surface area contributed by atoms with Crippen LogP contribution in [0.15, 0.2) is 12.1 Å². The van der Waals surface area contributed by atoms with Crippen LogP contribution in [0, 0.1) is 13.8 Å². The summed E-state index contributed by atoms with van der Waals surface area (Å²) in [6.07, 6.45) is 0.481. The van der Waals surface area contributed by atoms with Crippen molar-refractivity contribution in [1.29, 1.82) is 0 Å². The van der Waals surface area contributed by atoms with Crippen molar-refractivity contribution in [3.8, 4) is 0 Å². The first-order chi connectivity index (χ1) is 7.11. The number of aryl methyl sites for hydroxylation is 2. The molecule has 3 nitrogen and oxygen atoms in total. The lowest BCUT2D eigenvalue weighted by atomic mass is 10.2. The minimum absolute atomic E-state index is 0. The van der Waals surface area contributed by atoms with Crippen LogP contribution < -0.4 is 5.32 Å². The fourth-order valence-electron chi connectivity index (χ4n) is 1.14. The van der Waals surface area contributed by atoms with Gasteiger partial charge in [-0.05, 0) is 31.5 Å². The monoisotopic (exact) mass is 210 g/mol. The summed E-state index contributed by atoms with van der Waals surface area (Å²) in [7, 11) is 0. The molecule has 1 N–H and O–H groups in total. The molecular weight excluding hydrogens is 188 g/mol. The van der Waals surface area contributed by atoms with Crippen LogP contribution in [0.5, 0.6) is 0 Å². The molecule has 0 saturated heterocycles. The lowest BCUT2D eigenvalue weighted by molar-refractivity contribution is -0.115. The van der Waals surface area contributed by atoms with Gasteiger partial charge in [-0.1, -0.05) is 20.8 Å². The quantitative estimate of drug-likeness (QED) is 0.813. The van der Waals surface area contributed by atoms with Crippen LogP contribution in [-0.2, 0) is 4.79 Å². The first-order valence-corrected chi connectivity index (χ1v) is 5.37. The van der Waals surface area contributed by atoms with Crippen LogP contribution in [0.25, 0.3) is 0 Å². The van der Waals surface area contributed by atoms with Gasteiger partial charge in [0.2, 0.25) is 5.91 Å². The van der Waals surface area contributed by atoms with Crippen LogP contribution >= 0.6 is 0 Å². The van der Waals surface area contributed by atoms with E-state index in [2.05, 4.69) is 10.3 Å². The number of aromatic nitrogens is 1. The number of amides is 1. The first-order valence-electron chi connectivity index (χ1n) is 5.37. The van der Waals surface area contributed by atoms with E-state index in [0.29, 0.717) is 12.2 Å². The molecule has 1 amide bonds. The molecule has 1 heterocycles. The predicted molar refractivity (Wildman–Crippen MR) is 66.1 cm³/mol. The van der Waals surface area contributed by atoms with Crippen molar-refractivity contribution in [1.82, 2.24) is 4.98 Å². The van der Waals surface area contributed by atoms with Crippen molar-refractivity contribution in [2.24, 2.45) is 0 Å². The molecule has 15 heavy (non-hydrogen) atoms. The minimum atomic E-state index is -0.00231. The highest BCUT2D eigenvalue weighted by atomic mass is 16.1. The number of hydrogen-bond donors (Lipinski definition) is 1. The number of carbonyl (C=O) groups is 1. The Labute approximate surface area is 93.4 Å². The van der Waals surface area contributed by atoms with Gasteiger partial charge in [-0.3, -0.25) is 4.79 Å². The molecule has 0 saturated carbocycles. The van der Waals surface area contributed by atoms with E-state index in [0.717, 1.165) is 11.3 Å². The van der Waals surface area contributed by atoms with Crippen molar-refractivity contribution in [2.75, 3.05) is 5.32 Å². The maximum atomic E-state index is 11.1. The normalized spacial score (nSPS) is 8.87. The van der Waals surface area contributed by atoms with Gasteiger partial charge < -0.3 is 5.32 Å². The number of anilines is 1. The lowest BCUT2D eigenvalue weighted by Crippen LogP contribution is -2.11. The van der Waals surface area contributed by atoms with Crippen LogP contribution in [0.1, 0.15) is 39.9 Å². The third kappa shape index (κ3) is 5.15. The highest BCUT2D eigenvalue weighted by Crippen LogP contribution is 2.08. The topological polar surface area (TPSA) is 42.0 Å². The summed E-state index contributed by atoms with van der Waals surface area (Å²) in [5.74, 6) is 0.641. The summed E-state index contributed by atoms with van der Waals surface area (Å²) in [5.41, 5.74) is 2.03. The molecule has 0 radical (unpaired) electrons. The van der Waals surface area contributed by atoms with Crippen LogP contribution in [0.4, 0.5) is 5.82 Å². The number of rotatable bonds is 2. The van der Waals surface area contributed by atoms with Gasteiger partial charge in [0.05, 0.1) is 0 Å². The largest absolute Gasteiger partial charge is 0.311 e. The third-order valence-corrected chi connectivity index (χ3v) is 1.69. The fraction of sp³-hybridized carbons (Fsp3) is 0.500. The maximum absolute atomic E-state index is 11.1. The maximum Gasteiger partial charge on any atom is 0.225 e. The Morgan fingerprint density at radius 2 is 2.00 bits per heavy atom. The molecule has 1 aromatic heterocycles. The zero-order valence-corrected chi connectivity index (χ0v) is 10.2. The molecule has 0 fully saturated rings. The van der Waals surface area contributed by atoms with Gasteiger partial charge in [-0.25, -0.2) is 4.98 Å². The van der Waals surface area contributed by atoms with Crippen molar-refractivity contribution in [3.05, 3.63) is 23.4 Å². The van der Waals surface area contributed by atoms with Crippen LogP contribution in [0.3, 0.4) is 0 Å². The Balaban J connectivity index is 0. The predicted octanol–water partition coefficient (Wildman–Crippen LogP) is 3.32. The van der Waals surface area contributed by atoms with E-state index in [4.69, 9.17) is 0 Å². The Kier molecular flexibility index (Phi) is 6.34. The van der Waals surface area contributed by atoms with Gasteiger partial charge in [0.1, 0.15) is 5.82 Å². The lowest BCUT2D eigenvalue weighted by Gasteiger charge is -2.04. The van der Waals surface area contributed by atoms with Gasteiger partial charge in [0.25, 0.3) is 0 Å². The van der Waals surface area contributed by atoms with E-state index in [-0.39, 0.29) is 7.33 Å². The van der Waals surface area contributed by atoms with E-state index in [1.54, 1.807) is 0 Å². The van der Waals surface area contributed by atoms with E-state index in [1.807, 2.05) is 46.8 Å². The van der Waals surface area contributed by atoms with Gasteiger partial charge >= 0.3 is 0 Å². The number of nitrogens with zero attached hydrogens (tertiary/aromatic N) is 1. The number of pyridine rings is 1. The summed E-state index contributed by atoms with van der Waals surface area (Å²) < 4.78 is 0. The second kappa shape index (κ2) is 6.98. The standard InChI is InChI=1S/C10H14N2O.C2H6.H2/c1-4-10(13)12-9-6-7(2)5-8(3)11-9;1-2;/h5-6H,4H2,1-3H3,(H,11,12,13);1-2H3;1H. The molecule has 1 aromatic rings. The van der Waals surface area contributed by atoms with Crippen molar-refractivity contribution in [3.63, 3.8) is 0 Å². The highest BCUT2D eigenvalue weighted by Gasteiger charge is 2.00. The van der Waals surface area contributed by atoms with Crippen LogP contribution in [-0.4, -0.2) is 10.9 Å². The van der Waals surface area contributed by atoms with Gasteiger partial charge in [0.15, 0.2) is 0 Å². The van der Waals surface area contributed by atoms with E-state index in [1.165, 1.54) is 0 Å². The fourth-order valence-corrected chi connectivity index (χ4v) is 1.14. The molecule has 3 heteroatoms. The zero-order valence-electron chi connectivity index (χ0n) is 10.2. The Morgan fingerprint density at radius 1 is 1.40 bits per heavy atom. The molecule has 1 rings (SSSR count). The molecule has 0 atom stereocenters. The Hall–Kier alpha value is -1.38. The molecular formula is C12H22N2O. The SMILES string of the molecule is CC.CCC(=O)Nc1cc(C)cc(C)n1.[HH]. The van der Waals surface area contributed by atoms with E-state index >= 15 is 0 Å². The smallest absolute Gasteiger partial charge is 0.225 e. The highest BCUT2D eigenvalue weighted by molar-refractivity contribution is 5.89. The Morgan fingerprint density at radius 3 is 2.47 bits per heavy atom. The molecule has 0 aromatic carbocycles. The summed E-state index contributed by atoms with van der Waals surface area (Å²) in [6, 6.07) is 3.84. The summed E-state index contributed by atoms with van der Waals surface area (Å²) in [4.78, 5) is 15.2. The molecule has 0 aliphatic heterocycles. The van der Waals surface area contributed by atoms with E-state index in [9.17, 15) is 4.79 Å². The zero-order chi connectivity index (χ0) is 11.8. The summed E-state index contributed by atoms with van der Waals surface area (Å²) in [6.45, 7) is 9.71. The number of nitrogens with one attached hydrogen (secondary N) is 1. The summed E-state index contributed by atoms with van der Waals surface area (Å²) in [5, 5.41) is 2.72. The van der Waals surface area contributed by atoms with Gasteiger partial charge in [-0.2, -0.15) is 0 Å². The van der Waals surface area contributed by atoms with E-state index < -0.39 is 0 Å². The second-order valence-electron chi connectivity index (χ2n) is 3.07. The number of carbonyl (C=O) groups excluding carboxylic acids is 1. The number of hydrogen-bond acceptors (Lipinski definition) is 2.